The van der Waals surface area contributed by atoms with Crippen LogP contribution in [0.25, 0.3) is 0 Å². The van der Waals surface area contributed by atoms with Crippen molar-refractivity contribution in [2.75, 3.05) is 26.0 Å². The molecule has 0 aromatic heterocycles. The molecule has 5 nitrogen and oxygen atoms in total. The summed E-state index contributed by atoms with van der Waals surface area (Å²) in [6.45, 7) is 1.46. The molecule has 0 spiro atoms. The number of anilines is 1. The molecular formula is C15H22N2O3. The highest BCUT2D eigenvalue weighted by Crippen LogP contribution is 2.22. The summed E-state index contributed by atoms with van der Waals surface area (Å²) in [5, 5.41) is 2.90. The highest BCUT2D eigenvalue weighted by Gasteiger charge is 2.14. The molecule has 1 aliphatic rings. The molecule has 3 N–H and O–H groups in total. The third-order valence-corrected chi connectivity index (χ3v) is 3.52. The molecule has 0 saturated carbocycles. The third-order valence-electron chi connectivity index (χ3n) is 3.52. The van der Waals surface area contributed by atoms with Crippen LogP contribution in [-0.2, 0) is 4.74 Å². The first kappa shape index (κ1) is 14.7. The number of nitrogen functional groups attached to an aromatic ring is 1. The number of methoxy groups -OCH3 is 1. The van der Waals surface area contributed by atoms with Crippen LogP contribution < -0.4 is 15.8 Å². The molecule has 110 valence electrons. The fraction of sp³-hybridized carbons (Fsp3) is 0.533. The first-order valence-electron chi connectivity index (χ1n) is 7.04. The van der Waals surface area contributed by atoms with Gasteiger partial charge in [-0.05, 0) is 43.9 Å². The molecule has 2 rings (SSSR count). The van der Waals surface area contributed by atoms with E-state index in [2.05, 4.69) is 5.32 Å². The van der Waals surface area contributed by atoms with E-state index in [0.29, 0.717) is 23.5 Å². The quantitative estimate of drug-likeness (QED) is 0.808. The molecule has 1 aromatic carbocycles. The average Bonchev–Trinajstić information content (AvgIpc) is 2.48. The standard InChI is InChI=1S/C15H22N2O3/c1-19-14-10-11(5-6-13(14)16)15(18)17-8-7-12-4-2-3-9-20-12/h5-6,10,12H,2-4,7-9,16H2,1H3,(H,17,18). The Labute approximate surface area is 119 Å². The van der Waals surface area contributed by atoms with Gasteiger partial charge in [-0.15, -0.1) is 0 Å². The molecule has 1 aromatic rings. The van der Waals surface area contributed by atoms with Gasteiger partial charge < -0.3 is 20.5 Å². The number of carbonyl (C=O) groups is 1. The van der Waals surface area contributed by atoms with Crippen molar-refractivity contribution < 1.29 is 14.3 Å². The fourth-order valence-electron chi connectivity index (χ4n) is 2.34. The molecule has 1 atom stereocenters. The van der Waals surface area contributed by atoms with Gasteiger partial charge in [0.15, 0.2) is 0 Å². The van der Waals surface area contributed by atoms with Crippen LogP contribution >= 0.6 is 0 Å². The van der Waals surface area contributed by atoms with Crippen LogP contribution in [0.4, 0.5) is 5.69 Å². The van der Waals surface area contributed by atoms with Crippen molar-refractivity contribution in [1.82, 2.24) is 5.32 Å². The maximum atomic E-state index is 12.0. The molecule has 1 saturated heterocycles. The van der Waals surface area contributed by atoms with E-state index < -0.39 is 0 Å². The molecule has 1 unspecified atom stereocenters. The van der Waals surface area contributed by atoms with Crippen molar-refractivity contribution in [2.45, 2.75) is 31.8 Å². The molecule has 20 heavy (non-hydrogen) atoms. The predicted octanol–water partition coefficient (Wildman–Crippen LogP) is 1.97. The van der Waals surface area contributed by atoms with Crippen LogP contribution in [0.1, 0.15) is 36.0 Å². The minimum Gasteiger partial charge on any atom is -0.495 e. The summed E-state index contributed by atoms with van der Waals surface area (Å²) < 4.78 is 10.7. The summed E-state index contributed by atoms with van der Waals surface area (Å²) in [7, 11) is 1.54. The molecular weight excluding hydrogens is 256 g/mol. The van der Waals surface area contributed by atoms with Gasteiger partial charge in [0.25, 0.3) is 5.91 Å². The number of ether oxygens (including phenoxy) is 2. The zero-order valence-electron chi connectivity index (χ0n) is 11.9. The van der Waals surface area contributed by atoms with E-state index in [9.17, 15) is 4.79 Å². The van der Waals surface area contributed by atoms with Crippen molar-refractivity contribution in [1.29, 1.82) is 0 Å². The van der Waals surface area contributed by atoms with Gasteiger partial charge in [0.05, 0.1) is 18.9 Å². The van der Waals surface area contributed by atoms with Gasteiger partial charge in [0, 0.05) is 18.7 Å². The zero-order chi connectivity index (χ0) is 14.4. The van der Waals surface area contributed by atoms with Crippen LogP contribution in [0.3, 0.4) is 0 Å². The van der Waals surface area contributed by atoms with Crippen molar-refractivity contribution >= 4 is 11.6 Å². The number of hydrogen-bond acceptors (Lipinski definition) is 4. The lowest BCUT2D eigenvalue weighted by molar-refractivity contribution is 0.0117. The lowest BCUT2D eigenvalue weighted by atomic mass is 10.1. The third kappa shape index (κ3) is 3.87. The van der Waals surface area contributed by atoms with E-state index >= 15 is 0 Å². The van der Waals surface area contributed by atoms with Crippen molar-refractivity contribution in [3.8, 4) is 5.75 Å². The summed E-state index contributed by atoms with van der Waals surface area (Å²) in [5.41, 5.74) is 6.81. The molecule has 0 aliphatic carbocycles. The SMILES string of the molecule is COc1cc(C(=O)NCCC2CCCCO2)ccc1N. The summed E-state index contributed by atoms with van der Waals surface area (Å²) in [6, 6.07) is 5.03. The Kier molecular flexibility index (Phi) is 5.24. The predicted molar refractivity (Wildman–Crippen MR) is 77.9 cm³/mol. The molecule has 0 radical (unpaired) electrons. The Morgan fingerprint density at radius 2 is 2.35 bits per heavy atom. The molecule has 1 heterocycles. The van der Waals surface area contributed by atoms with Crippen LogP contribution in [0, 0.1) is 0 Å². The van der Waals surface area contributed by atoms with Gasteiger partial charge in [-0.2, -0.15) is 0 Å². The largest absolute Gasteiger partial charge is 0.495 e. The van der Waals surface area contributed by atoms with E-state index in [1.54, 1.807) is 18.2 Å². The van der Waals surface area contributed by atoms with Crippen molar-refractivity contribution in [2.24, 2.45) is 0 Å². The number of amides is 1. The number of carbonyl (C=O) groups excluding carboxylic acids is 1. The second kappa shape index (κ2) is 7.14. The Morgan fingerprint density at radius 1 is 1.50 bits per heavy atom. The highest BCUT2D eigenvalue weighted by molar-refractivity contribution is 5.95. The average molecular weight is 278 g/mol. The van der Waals surface area contributed by atoms with E-state index in [1.807, 2.05) is 0 Å². The van der Waals surface area contributed by atoms with Crippen molar-refractivity contribution in [3.63, 3.8) is 0 Å². The first-order chi connectivity index (χ1) is 9.70. The molecule has 1 aliphatic heterocycles. The van der Waals surface area contributed by atoms with Gasteiger partial charge in [-0.1, -0.05) is 0 Å². The Balaban J connectivity index is 1.82. The number of nitrogens with two attached hydrogens (primary N) is 1. The van der Waals surface area contributed by atoms with Gasteiger partial charge in [-0.25, -0.2) is 0 Å². The topological polar surface area (TPSA) is 73.6 Å². The van der Waals surface area contributed by atoms with Gasteiger partial charge in [0.1, 0.15) is 5.75 Å². The monoisotopic (exact) mass is 278 g/mol. The second-order valence-electron chi connectivity index (χ2n) is 4.99. The molecule has 1 amide bonds. The van der Waals surface area contributed by atoms with Crippen LogP contribution in [0.15, 0.2) is 18.2 Å². The smallest absolute Gasteiger partial charge is 0.251 e. The Morgan fingerprint density at radius 3 is 3.05 bits per heavy atom. The lowest BCUT2D eigenvalue weighted by Gasteiger charge is -2.22. The summed E-state index contributed by atoms with van der Waals surface area (Å²) in [4.78, 5) is 12.0. The van der Waals surface area contributed by atoms with Gasteiger partial charge in [0.2, 0.25) is 0 Å². The van der Waals surface area contributed by atoms with Crippen LogP contribution in [0.2, 0.25) is 0 Å². The maximum Gasteiger partial charge on any atom is 0.251 e. The first-order valence-corrected chi connectivity index (χ1v) is 7.04. The minimum atomic E-state index is -0.112. The fourth-order valence-corrected chi connectivity index (χ4v) is 2.34. The van der Waals surface area contributed by atoms with E-state index in [-0.39, 0.29) is 12.0 Å². The zero-order valence-corrected chi connectivity index (χ0v) is 11.9. The van der Waals surface area contributed by atoms with Crippen molar-refractivity contribution in [3.05, 3.63) is 23.8 Å². The normalized spacial score (nSPS) is 18.6. The summed E-state index contributed by atoms with van der Waals surface area (Å²) in [5.74, 6) is 0.410. The number of benzene rings is 1. The van der Waals surface area contributed by atoms with Crippen LogP contribution in [-0.4, -0.2) is 32.3 Å². The Bertz CT molecular complexity index is 456. The van der Waals surface area contributed by atoms with Gasteiger partial charge in [-0.3, -0.25) is 4.79 Å². The lowest BCUT2D eigenvalue weighted by Crippen LogP contribution is -2.29. The molecule has 0 bridgehead atoms. The van der Waals surface area contributed by atoms with E-state index in [0.717, 1.165) is 25.9 Å². The number of hydrogen-bond donors (Lipinski definition) is 2. The van der Waals surface area contributed by atoms with E-state index in [4.69, 9.17) is 15.2 Å². The second-order valence-corrected chi connectivity index (χ2v) is 4.99. The minimum absolute atomic E-state index is 0.112. The Hall–Kier alpha value is -1.75. The maximum absolute atomic E-state index is 12.0. The number of nitrogens with one attached hydrogen (secondary N) is 1. The summed E-state index contributed by atoms with van der Waals surface area (Å²) in [6.07, 6.45) is 4.59. The van der Waals surface area contributed by atoms with Gasteiger partial charge >= 0.3 is 0 Å². The highest BCUT2D eigenvalue weighted by atomic mass is 16.5. The number of rotatable bonds is 5. The molecule has 1 fully saturated rings. The van der Waals surface area contributed by atoms with E-state index in [1.165, 1.54) is 13.5 Å². The van der Waals surface area contributed by atoms with Crippen LogP contribution in [0.5, 0.6) is 5.75 Å². The molecule has 5 heteroatoms. The summed E-state index contributed by atoms with van der Waals surface area (Å²) >= 11 is 0.